The van der Waals surface area contributed by atoms with Crippen LogP contribution in [0.5, 0.6) is 11.5 Å². The highest BCUT2D eigenvalue weighted by Gasteiger charge is 2.20. The molecule has 0 saturated heterocycles. The van der Waals surface area contributed by atoms with E-state index in [2.05, 4.69) is 9.82 Å². The van der Waals surface area contributed by atoms with Gasteiger partial charge in [-0.25, -0.2) is 8.42 Å². The van der Waals surface area contributed by atoms with Gasteiger partial charge in [0.15, 0.2) is 0 Å². The Bertz CT molecular complexity index is 1070. The Morgan fingerprint density at radius 3 is 2.29 bits per heavy atom. The molecule has 1 N–H and O–H groups in total. The van der Waals surface area contributed by atoms with Gasteiger partial charge in [0.1, 0.15) is 16.4 Å². The number of aromatic nitrogens is 2. The summed E-state index contributed by atoms with van der Waals surface area (Å²) < 4.78 is 40.4. The fraction of sp³-hybridized carbons (Fsp3) is 0.250. The Morgan fingerprint density at radius 2 is 1.71 bits per heavy atom. The van der Waals surface area contributed by atoms with E-state index < -0.39 is 10.0 Å². The molecule has 0 unspecified atom stereocenters. The zero-order chi connectivity index (χ0) is 20.3. The van der Waals surface area contributed by atoms with Gasteiger partial charge in [-0.1, -0.05) is 12.1 Å². The fourth-order valence-electron chi connectivity index (χ4n) is 2.89. The highest BCUT2D eigenvalue weighted by Crippen LogP contribution is 2.29. The molecule has 0 amide bonds. The first kappa shape index (κ1) is 19.8. The van der Waals surface area contributed by atoms with Gasteiger partial charge in [-0.05, 0) is 49.7 Å². The van der Waals surface area contributed by atoms with Gasteiger partial charge in [0.2, 0.25) is 0 Å². The largest absolute Gasteiger partial charge is 0.497 e. The van der Waals surface area contributed by atoms with Gasteiger partial charge in [0.25, 0.3) is 10.0 Å². The van der Waals surface area contributed by atoms with Crippen LogP contribution in [0.25, 0.3) is 0 Å². The minimum absolute atomic E-state index is 0.0149. The van der Waals surface area contributed by atoms with Crippen LogP contribution in [0.4, 0.5) is 5.69 Å². The second kappa shape index (κ2) is 7.93. The summed E-state index contributed by atoms with van der Waals surface area (Å²) in [6.45, 7) is 4.58. The summed E-state index contributed by atoms with van der Waals surface area (Å²) in [6.07, 6.45) is 0. The smallest absolute Gasteiger partial charge is 0.265 e. The molecule has 3 aromatic rings. The Hall–Kier alpha value is -3.00. The first-order valence-corrected chi connectivity index (χ1v) is 10.2. The lowest BCUT2D eigenvalue weighted by molar-refractivity contribution is 0.392. The van der Waals surface area contributed by atoms with Crippen molar-refractivity contribution in [3.63, 3.8) is 0 Å². The number of methoxy groups -OCH3 is 2. The second-order valence-corrected chi connectivity index (χ2v) is 8.05. The van der Waals surface area contributed by atoms with Crippen molar-refractivity contribution >= 4 is 15.7 Å². The molecule has 0 bridgehead atoms. The molecular formula is C20H23N3O4S. The van der Waals surface area contributed by atoms with Crippen LogP contribution in [-0.4, -0.2) is 32.4 Å². The molecule has 28 heavy (non-hydrogen) atoms. The minimum Gasteiger partial charge on any atom is -0.497 e. The molecule has 0 aliphatic rings. The summed E-state index contributed by atoms with van der Waals surface area (Å²) in [5.41, 5.74) is 3.52. The molecule has 8 heteroatoms. The lowest BCUT2D eigenvalue weighted by Crippen LogP contribution is -2.14. The quantitative estimate of drug-likeness (QED) is 0.656. The molecular weight excluding hydrogens is 378 g/mol. The molecule has 0 fully saturated rings. The molecule has 2 aromatic carbocycles. The highest BCUT2D eigenvalue weighted by molar-refractivity contribution is 7.92. The number of rotatable bonds is 7. The van der Waals surface area contributed by atoms with Gasteiger partial charge in [-0.2, -0.15) is 5.10 Å². The van der Waals surface area contributed by atoms with Crippen molar-refractivity contribution in [3.8, 4) is 11.5 Å². The van der Waals surface area contributed by atoms with E-state index in [1.807, 2.05) is 36.7 Å². The summed E-state index contributed by atoms with van der Waals surface area (Å²) in [4.78, 5) is 0.0149. The number of hydrogen-bond donors (Lipinski definition) is 1. The molecule has 1 heterocycles. The zero-order valence-electron chi connectivity index (χ0n) is 16.3. The summed E-state index contributed by atoms with van der Waals surface area (Å²) >= 11 is 0. The maximum absolute atomic E-state index is 12.8. The van der Waals surface area contributed by atoms with E-state index in [0.717, 1.165) is 17.0 Å². The third-order valence-electron chi connectivity index (χ3n) is 4.30. The van der Waals surface area contributed by atoms with Crippen LogP contribution >= 0.6 is 0 Å². The highest BCUT2D eigenvalue weighted by atomic mass is 32.2. The van der Waals surface area contributed by atoms with Crippen LogP contribution in [0.15, 0.2) is 53.4 Å². The fourth-order valence-corrected chi connectivity index (χ4v) is 4.13. The molecule has 1 aromatic heterocycles. The number of ether oxygens (including phenoxy) is 2. The summed E-state index contributed by atoms with van der Waals surface area (Å²) in [6, 6.07) is 13.9. The standard InChI is InChI=1S/C20H23N3O4S/c1-14-11-15(2)23(21-14)13-16-5-7-17(8-6-16)22-28(24,25)20-12-18(26-3)9-10-19(20)27-4/h5-12,22H,13H2,1-4H3. The van der Waals surface area contributed by atoms with Crippen molar-refractivity contribution in [1.82, 2.24) is 9.78 Å². The van der Waals surface area contributed by atoms with E-state index in [1.165, 1.54) is 20.3 Å². The van der Waals surface area contributed by atoms with E-state index in [1.54, 1.807) is 24.3 Å². The summed E-state index contributed by atoms with van der Waals surface area (Å²) in [5, 5.41) is 4.44. The van der Waals surface area contributed by atoms with E-state index in [4.69, 9.17) is 9.47 Å². The first-order chi connectivity index (χ1) is 13.3. The number of benzene rings is 2. The van der Waals surface area contributed by atoms with Gasteiger partial charge in [-0.3, -0.25) is 9.40 Å². The molecule has 148 valence electrons. The predicted octanol–water partition coefficient (Wildman–Crippen LogP) is 3.37. The van der Waals surface area contributed by atoms with E-state index >= 15 is 0 Å². The molecule has 0 atom stereocenters. The van der Waals surface area contributed by atoms with Gasteiger partial charge in [0, 0.05) is 17.4 Å². The van der Waals surface area contributed by atoms with Crippen molar-refractivity contribution in [2.24, 2.45) is 0 Å². The van der Waals surface area contributed by atoms with Crippen molar-refractivity contribution in [2.45, 2.75) is 25.3 Å². The van der Waals surface area contributed by atoms with Crippen molar-refractivity contribution < 1.29 is 17.9 Å². The van der Waals surface area contributed by atoms with Crippen molar-refractivity contribution in [2.75, 3.05) is 18.9 Å². The maximum Gasteiger partial charge on any atom is 0.265 e. The van der Waals surface area contributed by atoms with Crippen LogP contribution in [0.3, 0.4) is 0 Å². The van der Waals surface area contributed by atoms with Gasteiger partial charge < -0.3 is 9.47 Å². The van der Waals surface area contributed by atoms with Crippen LogP contribution in [-0.2, 0) is 16.6 Å². The minimum atomic E-state index is -3.84. The van der Waals surface area contributed by atoms with Gasteiger partial charge in [-0.15, -0.1) is 0 Å². The number of hydrogen-bond acceptors (Lipinski definition) is 5. The number of nitrogens with one attached hydrogen (secondary N) is 1. The molecule has 0 spiro atoms. The molecule has 0 aliphatic heterocycles. The van der Waals surface area contributed by atoms with Crippen LogP contribution in [0.2, 0.25) is 0 Å². The third kappa shape index (κ3) is 4.28. The van der Waals surface area contributed by atoms with Gasteiger partial charge >= 0.3 is 0 Å². The number of nitrogens with zero attached hydrogens (tertiary/aromatic N) is 2. The van der Waals surface area contributed by atoms with Crippen LogP contribution in [0.1, 0.15) is 17.0 Å². The average Bonchev–Trinajstić information content (AvgIpc) is 2.99. The molecule has 0 saturated carbocycles. The average molecular weight is 401 g/mol. The Balaban J connectivity index is 1.80. The van der Waals surface area contributed by atoms with E-state index in [-0.39, 0.29) is 10.6 Å². The molecule has 7 nitrogen and oxygen atoms in total. The molecule has 0 aliphatic carbocycles. The monoisotopic (exact) mass is 401 g/mol. The number of anilines is 1. The normalized spacial score (nSPS) is 11.3. The Morgan fingerprint density at radius 1 is 1.00 bits per heavy atom. The van der Waals surface area contributed by atoms with Crippen molar-refractivity contribution in [3.05, 3.63) is 65.5 Å². The lowest BCUT2D eigenvalue weighted by Gasteiger charge is -2.13. The zero-order valence-corrected chi connectivity index (χ0v) is 17.1. The van der Waals surface area contributed by atoms with Crippen LogP contribution in [0, 0.1) is 13.8 Å². The third-order valence-corrected chi connectivity index (χ3v) is 5.70. The predicted molar refractivity (Wildman–Crippen MR) is 108 cm³/mol. The SMILES string of the molecule is COc1ccc(OC)c(S(=O)(=O)Nc2ccc(Cn3nc(C)cc3C)cc2)c1. The van der Waals surface area contributed by atoms with Crippen molar-refractivity contribution in [1.29, 1.82) is 0 Å². The lowest BCUT2D eigenvalue weighted by atomic mass is 10.2. The number of aryl methyl sites for hydroxylation is 2. The first-order valence-electron chi connectivity index (χ1n) is 8.67. The van der Waals surface area contributed by atoms with Gasteiger partial charge in [0.05, 0.1) is 26.5 Å². The Labute approximate surface area is 165 Å². The molecule has 0 radical (unpaired) electrons. The number of sulfonamides is 1. The van der Waals surface area contributed by atoms with E-state index in [0.29, 0.717) is 18.0 Å². The van der Waals surface area contributed by atoms with Crippen LogP contribution < -0.4 is 14.2 Å². The second-order valence-electron chi connectivity index (χ2n) is 6.40. The molecule has 3 rings (SSSR count). The maximum atomic E-state index is 12.8. The summed E-state index contributed by atoms with van der Waals surface area (Å²) in [7, 11) is -0.932. The summed E-state index contributed by atoms with van der Waals surface area (Å²) in [5.74, 6) is 0.677. The van der Waals surface area contributed by atoms with E-state index in [9.17, 15) is 8.42 Å². The Kier molecular flexibility index (Phi) is 5.60. The topological polar surface area (TPSA) is 82.5 Å².